The summed E-state index contributed by atoms with van der Waals surface area (Å²) in [5.41, 5.74) is 0. The van der Waals surface area contributed by atoms with Gasteiger partial charge >= 0.3 is 23.5 Å². The summed E-state index contributed by atoms with van der Waals surface area (Å²) in [6.45, 7) is 0. The van der Waals surface area contributed by atoms with E-state index >= 15 is 0 Å². The van der Waals surface area contributed by atoms with Crippen LogP contribution in [0.3, 0.4) is 0 Å². The third-order valence-corrected chi connectivity index (χ3v) is 3.77. The van der Waals surface area contributed by atoms with Crippen LogP contribution in [0.1, 0.15) is 0 Å². The van der Waals surface area contributed by atoms with Crippen LogP contribution in [0.2, 0.25) is 0 Å². The second-order valence-corrected chi connectivity index (χ2v) is 5.82. The monoisotopic (exact) mass is 364 g/mol. The van der Waals surface area contributed by atoms with E-state index in [0.29, 0.717) is 0 Å². The van der Waals surface area contributed by atoms with Crippen molar-refractivity contribution in [2.75, 3.05) is 0 Å². The van der Waals surface area contributed by atoms with Gasteiger partial charge in [0.25, 0.3) is 0 Å². The maximum absolute atomic E-state index is 10.4. The van der Waals surface area contributed by atoms with Crippen LogP contribution in [-0.2, 0) is 42.7 Å². The van der Waals surface area contributed by atoms with Gasteiger partial charge in [0.1, 0.15) is 0 Å². The Bertz CT molecular complexity index is 277. The summed E-state index contributed by atoms with van der Waals surface area (Å²) in [7, 11) is -16.2. The van der Waals surface area contributed by atoms with Crippen molar-refractivity contribution < 1.29 is 67.2 Å². The van der Waals surface area contributed by atoms with Gasteiger partial charge in [-0.25, -0.2) is 13.7 Å². The Labute approximate surface area is 91.0 Å². The van der Waals surface area contributed by atoms with Gasteiger partial charge in [0.15, 0.2) is 0 Å². The summed E-state index contributed by atoms with van der Waals surface area (Å²) < 4.78 is 36.4. The minimum absolute atomic E-state index is 0. The number of hydrogen-bond acceptors (Lipinski definition) is 5. The van der Waals surface area contributed by atoms with Gasteiger partial charge < -0.3 is 24.5 Å². The summed E-state index contributed by atoms with van der Waals surface area (Å²) in [5, 5.41) is 0. The van der Waals surface area contributed by atoms with Gasteiger partial charge in [-0.15, -0.1) is 0 Å². The molecule has 14 heteroatoms. The van der Waals surface area contributed by atoms with Crippen LogP contribution >= 0.6 is 23.5 Å². The molecule has 0 unspecified atom stereocenters. The quantitative estimate of drug-likeness (QED) is 0.317. The molecular formula is H5O10P3Pd. The topological polar surface area (TPSA) is 171 Å². The summed E-state index contributed by atoms with van der Waals surface area (Å²) in [6.07, 6.45) is 0. The van der Waals surface area contributed by atoms with E-state index in [1.807, 2.05) is 0 Å². The van der Waals surface area contributed by atoms with Gasteiger partial charge in [-0.2, -0.15) is 8.62 Å². The molecule has 0 aliphatic carbocycles. The molecule has 0 radical (unpaired) electrons. The first kappa shape index (κ1) is 17.5. The third kappa shape index (κ3) is 11.1. The molecule has 0 amide bonds. The number of phosphoric acid groups is 3. The van der Waals surface area contributed by atoms with E-state index < -0.39 is 23.5 Å². The fourth-order valence-electron chi connectivity index (χ4n) is 0.284. The van der Waals surface area contributed by atoms with Crippen LogP contribution in [0.4, 0.5) is 0 Å². The minimum atomic E-state index is -5.46. The van der Waals surface area contributed by atoms with Crippen LogP contribution in [0.25, 0.3) is 0 Å². The van der Waals surface area contributed by atoms with Gasteiger partial charge in [-0.05, 0) is 0 Å². The van der Waals surface area contributed by atoms with Crippen LogP contribution < -0.4 is 0 Å². The molecule has 14 heavy (non-hydrogen) atoms. The molecule has 0 aromatic rings. The molecule has 0 bridgehead atoms. The normalized spacial score (nSPS) is 13.5. The Morgan fingerprint density at radius 2 is 0.929 bits per heavy atom. The molecule has 0 aliphatic heterocycles. The average Bonchev–Trinajstić information content (AvgIpc) is 1.43. The van der Waals surface area contributed by atoms with Crippen LogP contribution in [0.15, 0.2) is 0 Å². The molecule has 90 valence electrons. The maximum Gasteiger partial charge on any atom is 0.490 e. The van der Waals surface area contributed by atoms with E-state index in [1.165, 1.54) is 0 Å². The first-order valence-electron chi connectivity index (χ1n) is 2.28. The second kappa shape index (κ2) is 5.42. The molecule has 0 saturated heterocycles. The molecule has 0 aromatic heterocycles. The molecule has 0 heterocycles. The van der Waals surface area contributed by atoms with Crippen LogP contribution in [0.5, 0.6) is 0 Å². The van der Waals surface area contributed by atoms with E-state index in [9.17, 15) is 13.7 Å². The van der Waals surface area contributed by atoms with E-state index in [1.54, 1.807) is 0 Å². The predicted octanol–water partition coefficient (Wildman–Crippen LogP) is -0.697. The van der Waals surface area contributed by atoms with E-state index in [4.69, 9.17) is 24.5 Å². The summed E-state index contributed by atoms with van der Waals surface area (Å²) in [4.78, 5) is 40.2. The predicted molar refractivity (Wildman–Crippen MR) is 36.1 cm³/mol. The number of rotatable bonds is 4. The summed E-state index contributed by atoms with van der Waals surface area (Å²) in [6, 6.07) is 0. The van der Waals surface area contributed by atoms with Gasteiger partial charge in [-0.1, -0.05) is 0 Å². The Hall–Kier alpha value is 1.07. The molecule has 0 atom stereocenters. The van der Waals surface area contributed by atoms with E-state index in [0.717, 1.165) is 0 Å². The summed E-state index contributed by atoms with van der Waals surface area (Å²) in [5.74, 6) is 0. The molecule has 5 N–H and O–H groups in total. The van der Waals surface area contributed by atoms with Crippen molar-refractivity contribution in [3.63, 3.8) is 0 Å². The Balaban J connectivity index is 0. The smallest absolute Gasteiger partial charge is 0.302 e. The van der Waals surface area contributed by atoms with Crippen molar-refractivity contribution in [1.82, 2.24) is 0 Å². The van der Waals surface area contributed by atoms with Crippen molar-refractivity contribution in [3.8, 4) is 0 Å². The SMILES string of the molecule is O=P(O)(O)OP(=O)(O)OP(=O)(O)O.[Pd]. The zero-order chi connectivity index (χ0) is 10.9. The molecule has 0 spiro atoms. The standard InChI is InChI=1S/H5O10P3.Pd/c1-11(2,3)9-13(7,8)10-12(4,5)6;/h(H,7,8)(H2,1,2,3)(H2,4,5,6);. The molecule has 10 nitrogen and oxygen atoms in total. The fraction of sp³-hybridized carbons (Fsp3) is 0. The van der Waals surface area contributed by atoms with Crippen molar-refractivity contribution in [1.29, 1.82) is 0 Å². The second-order valence-electron chi connectivity index (χ2n) is 1.61. The maximum atomic E-state index is 10.4. The zero-order valence-electron chi connectivity index (χ0n) is 5.94. The van der Waals surface area contributed by atoms with Crippen LogP contribution in [-0.4, -0.2) is 24.5 Å². The Morgan fingerprint density at radius 1 is 0.714 bits per heavy atom. The van der Waals surface area contributed by atoms with Gasteiger partial charge in [0.2, 0.25) is 0 Å². The van der Waals surface area contributed by atoms with Gasteiger partial charge in [0, 0.05) is 20.4 Å². The molecular weight excluding hydrogens is 359 g/mol. The first-order valence-corrected chi connectivity index (χ1v) is 6.83. The number of hydrogen-bond donors (Lipinski definition) is 5. The van der Waals surface area contributed by atoms with Gasteiger partial charge in [0.05, 0.1) is 0 Å². The fourth-order valence-corrected chi connectivity index (χ4v) is 2.82. The van der Waals surface area contributed by atoms with Crippen molar-refractivity contribution in [2.45, 2.75) is 0 Å². The van der Waals surface area contributed by atoms with Crippen molar-refractivity contribution >= 4 is 23.5 Å². The molecule has 0 aliphatic rings. The Kier molecular flexibility index (Phi) is 6.76. The molecule has 0 fully saturated rings. The minimum Gasteiger partial charge on any atom is -0.302 e. The Morgan fingerprint density at radius 3 is 1.07 bits per heavy atom. The summed E-state index contributed by atoms with van der Waals surface area (Å²) >= 11 is 0. The molecule has 0 rings (SSSR count). The van der Waals surface area contributed by atoms with Crippen molar-refractivity contribution in [2.24, 2.45) is 0 Å². The molecule has 0 saturated carbocycles. The first-order chi connectivity index (χ1) is 5.41. The third-order valence-electron chi connectivity index (χ3n) is 0.419. The molecule has 0 aromatic carbocycles. The van der Waals surface area contributed by atoms with Crippen LogP contribution in [0, 0.1) is 0 Å². The largest absolute Gasteiger partial charge is 0.490 e. The van der Waals surface area contributed by atoms with E-state index in [2.05, 4.69) is 8.62 Å². The average molecular weight is 364 g/mol. The van der Waals surface area contributed by atoms with E-state index in [-0.39, 0.29) is 20.4 Å². The van der Waals surface area contributed by atoms with Crippen molar-refractivity contribution in [3.05, 3.63) is 0 Å². The zero-order valence-corrected chi connectivity index (χ0v) is 10.2. The van der Waals surface area contributed by atoms with Gasteiger partial charge in [-0.3, -0.25) is 0 Å².